The van der Waals surface area contributed by atoms with Gasteiger partial charge in [0.2, 0.25) is 5.95 Å². The van der Waals surface area contributed by atoms with Crippen LogP contribution >= 0.6 is 22.9 Å². The molecule has 1 aliphatic heterocycles. The molecule has 1 aliphatic rings. The number of alkyl halides is 3. The van der Waals surface area contributed by atoms with Crippen molar-refractivity contribution in [3.05, 3.63) is 70.2 Å². The van der Waals surface area contributed by atoms with Crippen molar-refractivity contribution in [2.45, 2.75) is 19.1 Å². The van der Waals surface area contributed by atoms with Crippen LogP contribution in [0.3, 0.4) is 0 Å². The highest BCUT2D eigenvalue weighted by atomic mass is 35.5. The van der Waals surface area contributed by atoms with Crippen molar-refractivity contribution < 1.29 is 27.8 Å². The van der Waals surface area contributed by atoms with Gasteiger partial charge in [0.15, 0.2) is 0 Å². The topological polar surface area (TPSA) is 106 Å². The second-order valence-corrected chi connectivity index (χ2v) is 12.0. The number of carboxylic acid groups (broad SMARTS) is 1. The number of thiophene rings is 1. The smallest absolute Gasteiger partial charge is 0.475 e. The summed E-state index contributed by atoms with van der Waals surface area (Å²) in [5, 5.41) is 7.81. The predicted molar refractivity (Wildman–Crippen MR) is 169 cm³/mol. The number of carbonyl (C=O) groups is 1. The van der Waals surface area contributed by atoms with Gasteiger partial charge in [0.05, 0.1) is 35.5 Å². The SMILES string of the molecule is CN(C)c1nc2cc(-n3cnc4cc(-c5ccc(Cl)cc5)sc4c3=O)ccc2n1CCCN1CCOCC1.O=C(O)C(F)(F)F. The van der Waals surface area contributed by atoms with E-state index in [-0.39, 0.29) is 5.56 Å². The Kier molecular flexibility index (Phi) is 9.77. The molecule has 3 aromatic heterocycles. The Labute approximate surface area is 264 Å². The number of nitrogens with zero attached hydrogens (tertiary/aromatic N) is 6. The molecule has 238 valence electrons. The summed E-state index contributed by atoms with van der Waals surface area (Å²) in [6, 6.07) is 15.6. The van der Waals surface area contributed by atoms with E-state index < -0.39 is 12.1 Å². The Hall–Kier alpha value is -3.98. The Bertz CT molecular complexity index is 1860. The van der Waals surface area contributed by atoms with Gasteiger partial charge >= 0.3 is 12.1 Å². The van der Waals surface area contributed by atoms with Gasteiger partial charge in [-0.1, -0.05) is 23.7 Å². The number of hydrogen-bond acceptors (Lipinski definition) is 8. The Morgan fingerprint density at radius 2 is 1.76 bits per heavy atom. The fourth-order valence-corrected chi connectivity index (χ4v) is 6.12. The summed E-state index contributed by atoms with van der Waals surface area (Å²) in [5.74, 6) is -1.85. The number of anilines is 1. The molecule has 5 aromatic rings. The molecule has 0 spiro atoms. The van der Waals surface area contributed by atoms with Crippen molar-refractivity contribution in [2.24, 2.45) is 0 Å². The standard InChI is InChI=1S/C28H29ClN6O2S.C2HF3O2/c1-32(2)28-31-22-16-21(8-9-24(22)34(28)11-3-10-33-12-14-37-15-13-33)35-18-30-23-17-25(38-26(23)27(35)36)19-4-6-20(29)7-5-19;3-2(4,5)1(6)7/h4-9,16-18H,3,10-15H2,1-2H3;(H,6,7). The average Bonchev–Trinajstić information content (AvgIpc) is 3.61. The third-order valence-corrected chi connectivity index (χ3v) is 8.57. The zero-order valence-corrected chi connectivity index (χ0v) is 26.0. The van der Waals surface area contributed by atoms with Crippen LogP contribution in [0.2, 0.25) is 5.02 Å². The van der Waals surface area contributed by atoms with E-state index in [1.807, 2.05) is 61.5 Å². The number of halogens is 4. The summed E-state index contributed by atoms with van der Waals surface area (Å²) < 4.78 is 41.7. The van der Waals surface area contributed by atoms with E-state index in [1.54, 1.807) is 10.9 Å². The minimum Gasteiger partial charge on any atom is -0.475 e. The number of carboxylic acids is 1. The molecule has 15 heteroatoms. The molecule has 2 aromatic carbocycles. The van der Waals surface area contributed by atoms with E-state index in [9.17, 15) is 18.0 Å². The van der Waals surface area contributed by atoms with Crippen LogP contribution in [0.15, 0.2) is 59.7 Å². The number of aromatic nitrogens is 4. The molecule has 45 heavy (non-hydrogen) atoms. The molecule has 1 saturated heterocycles. The van der Waals surface area contributed by atoms with Gasteiger partial charge in [-0.05, 0) is 48.4 Å². The summed E-state index contributed by atoms with van der Waals surface area (Å²) in [7, 11) is 4.02. The van der Waals surface area contributed by atoms with Crippen molar-refractivity contribution in [1.29, 1.82) is 0 Å². The first-order valence-electron chi connectivity index (χ1n) is 14.0. The minimum absolute atomic E-state index is 0.0858. The molecule has 1 fully saturated rings. The second kappa shape index (κ2) is 13.6. The molecule has 6 rings (SSSR count). The molecular weight excluding hydrogens is 633 g/mol. The quantitative estimate of drug-likeness (QED) is 0.242. The van der Waals surface area contributed by atoms with Crippen LogP contribution in [0.5, 0.6) is 0 Å². The summed E-state index contributed by atoms with van der Waals surface area (Å²) in [6.07, 6.45) is -2.45. The van der Waals surface area contributed by atoms with Crippen molar-refractivity contribution in [1.82, 2.24) is 24.0 Å². The number of hydrogen-bond donors (Lipinski definition) is 1. The normalized spacial score (nSPS) is 14.0. The Morgan fingerprint density at radius 3 is 2.40 bits per heavy atom. The Balaban J connectivity index is 0.000000515. The number of imidazole rings is 1. The third-order valence-electron chi connectivity index (χ3n) is 7.16. The summed E-state index contributed by atoms with van der Waals surface area (Å²) >= 11 is 7.49. The van der Waals surface area contributed by atoms with Crippen LogP contribution in [0.1, 0.15) is 6.42 Å². The van der Waals surface area contributed by atoms with Crippen LogP contribution < -0.4 is 10.5 Å². The Morgan fingerprint density at radius 1 is 1.07 bits per heavy atom. The molecule has 0 saturated carbocycles. The molecule has 0 atom stereocenters. The number of benzene rings is 2. The third kappa shape index (κ3) is 7.47. The van der Waals surface area contributed by atoms with Gasteiger partial charge in [0.25, 0.3) is 5.56 Å². The molecule has 0 unspecified atom stereocenters. The first-order valence-corrected chi connectivity index (χ1v) is 15.2. The molecule has 0 aliphatic carbocycles. The van der Waals surface area contributed by atoms with Crippen molar-refractivity contribution in [3.63, 3.8) is 0 Å². The van der Waals surface area contributed by atoms with Crippen molar-refractivity contribution in [2.75, 3.05) is 51.8 Å². The van der Waals surface area contributed by atoms with E-state index in [2.05, 4.69) is 20.5 Å². The van der Waals surface area contributed by atoms with Gasteiger partial charge < -0.3 is 19.3 Å². The molecule has 1 N–H and O–H groups in total. The van der Waals surface area contributed by atoms with Crippen LogP contribution in [0.25, 0.3) is 37.4 Å². The fraction of sp³-hybridized carbons (Fsp3) is 0.333. The summed E-state index contributed by atoms with van der Waals surface area (Å²) in [4.78, 5) is 37.4. The lowest BCUT2D eigenvalue weighted by Crippen LogP contribution is -2.37. The molecular formula is C30H30ClF3N6O4S. The lowest BCUT2D eigenvalue weighted by atomic mass is 10.2. The number of rotatable bonds is 7. The van der Waals surface area contributed by atoms with Crippen molar-refractivity contribution in [3.8, 4) is 16.1 Å². The van der Waals surface area contributed by atoms with E-state index in [0.29, 0.717) is 15.2 Å². The van der Waals surface area contributed by atoms with Crippen LogP contribution in [-0.2, 0) is 16.1 Å². The van der Waals surface area contributed by atoms with Gasteiger partial charge in [-0.3, -0.25) is 14.3 Å². The molecule has 10 nitrogen and oxygen atoms in total. The van der Waals surface area contributed by atoms with E-state index in [0.717, 1.165) is 78.9 Å². The van der Waals surface area contributed by atoms with Crippen LogP contribution in [0, 0.1) is 0 Å². The number of fused-ring (bicyclic) bond motifs is 2. The van der Waals surface area contributed by atoms with Gasteiger partial charge in [-0.2, -0.15) is 13.2 Å². The van der Waals surface area contributed by atoms with Gasteiger partial charge in [0, 0.05) is 50.2 Å². The maximum absolute atomic E-state index is 13.5. The molecule has 0 bridgehead atoms. The highest BCUT2D eigenvalue weighted by Crippen LogP contribution is 2.32. The number of ether oxygens (including phenoxy) is 1. The zero-order valence-electron chi connectivity index (χ0n) is 24.4. The monoisotopic (exact) mass is 662 g/mol. The first kappa shape index (κ1) is 32.4. The molecule has 0 radical (unpaired) electrons. The molecule has 0 amide bonds. The number of aliphatic carboxylic acids is 1. The summed E-state index contributed by atoms with van der Waals surface area (Å²) in [5.41, 5.74) is 4.29. The maximum atomic E-state index is 13.5. The van der Waals surface area contributed by atoms with E-state index >= 15 is 0 Å². The molecule has 4 heterocycles. The second-order valence-electron chi connectivity index (χ2n) is 10.5. The summed E-state index contributed by atoms with van der Waals surface area (Å²) in [6.45, 7) is 5.52. The fourth-order valence-electron chi connectivity index (χ4n) is 4.95. The highest BCUT2D eigenvalue weighted by Gasteiger charge is 2.38. The van der Waals surface area contributed by atoms with Gasteiger partial charge in [-0.25, -0.2) is 14.8 Å². The average molecular weight is 663 g/mol. The highest BCUT2D eigenvalue weighted by molar-refractivity contribution is 7.22. The van der Waals surface area contributed by atoms with Crippen LogP contribution in [-0.4, -0.2) is 88.2 Å². The lowest BCUT2D eigenvalue weighted by Gasteiger charge is -2.26. The van der Waals surface area contributed by atoms with Gasteiger partial charge in [0.1, 0.15) is 11.0 Å². The number of morpholine rings is 1. The largest absolute Gasteiger partial charge is 0.490 e. The van der Waals surface area contributed by atoms with Crippen molar-refractivity contribution >= 4 is 56.1 Å². The van der Waals surface area contributed by atoms with E-state index in [4.69, 9.17) is 31.2 Å². The number of aryl methyl sites for hydroxylation is 1. The first-order chi connectivity index (χ1) is 21.4. The zero-order chi connectivity index (χ0) is 32.3. The maximum Gasteiger partial charge on any atom is 0.490 e. The predicted octanol–water partition coefficient (Wildman–Crippen LogP) is 5.54. The van der Waals surface area contributed by atoms with Gasteiger partial charge in [-0.15, -0.1) is 11.3 Å². The minimum atomic E-state index is -5.08. The van der Waals surface area contributed by atoms with Crippen LogP contribution in [0.4, 0.5) is 19.1 Å². The lowest BCUT2D eigenvalue weighted by molar-refractivity contribution is -0.192. The van der Waals surface area contributed by atoms with E-state index in [1.165, 1.54) is 11.3 Å².